The average molecular weight is 269 g/mol. The Hall–Kier alpha value is -0.140. The van der Waals surface area contributed by atoms with Gasteiger partial charge in [0.1, 0.15) is 0 Å². The first-order chi connectivity index (χ1) is 7.23. The zero-order valence-electron chi connectivity index (χ0n) is 9.64. The largest absolute Gasteiger partial charge is 0.316 e. The summed E-state index contributed by atoms with van der Waals surface area (Å²) < 4.78 is 46.2. The second kappa shape index (κ2) is 5.01. The Morgan fingerprint density at radius 3 is 2.06 bits per heavy atom. The quantitative estimate of drug-likeness (QED) is 0.699. The lowest BCUT2D eigenvalue weighted by Crippen LogP contribution is -2.46. The molecule has 0 aromatic heterocycles. The van der Waals surface area contributed by atoms with Crippen LogP contribution in [0.3, 0.4) is 0 Å². The van der Waals surface area contributed by atoms with E-state index in [1.165, 1.54) is 0 Å². The molecular weight excluding hydrogens is 250 g/mol. The average Bonchev–Trinajstić information content (AvgIpc) is 2.09. The maximum absolute atomic E-state index is 11.6. The van der Waals surface area contributed by atoms with Crippen LogP contribution in [0, 0.1) is 5.92 Å². The summed E-state index contributed by atoms with van der Waals surface area (Å²) in [5.74, 6) is -0.239. The lowest BCUT2D eigenvalue weighted by molar-refractivity contribution is 0.378. The first kappa shape index (κ1) is 13.9. The molecule has 1 aliphatic heterocycles. The van der Waals surface area contributed by atoms with Gasteiger partial charge in [0.05, 0.1) is 22.5 Å². The van der Waals surface area contributed by atoms with Gasteiger partial charge in [0.2, 0.25) is 0 Å². The Kier molecular flexibility index (Phi) is 4.36. The molecule has 0 aromatic carbocycles. The van der Waals surface area contributed by atoms with Crippen LogP contribution in [0.1, 0.15) is 13.8 Å². The van der Waals surface area contributed by atoms with Gasteiger partial charge in [0.25, 0.3) is 0 Å². The molecule has 0 atom stereocenters. The molecule has 0 bridgehead atoms. The molecule has 0 radical (unpaired) electrons. The van der Waals surface area contributed by atoms with Gasteiger partial charge in [0.15, 0.2) is 19.7 Å². The van der Waals surface area contributed by atoms with Crippen molar-refractivity contribution in [3.8, 4) is 0 Å². The van der Waals surface area contributed by atoms with Crippen molar-refractivity contribution >= 4 is 19.7 Å². The SMILES string of the molecule is CC(C)S(=O)(=O)CCS(=O)(=O)CC1CNC1. The lowest BCUT2D eigenvalue weighted by Gasteiger charge is -2.26. The molecule has 0 aliphatic carbocycles. The Balaban J connectivity index is 2.47. The van der Waals surface area contributed by atoms with E-state index in [1.807, 2.05) is 0 Å². The summed E-state index contributed by atoms with van der Waals surface area (Å²) in [5, 5.41) is 2.49. The summed E-state index contributed by atoms with van der Waals surface area (Å²) in [6, 6.07) is 0. The van der Waals surface area contributed by atoms with E-state index in [2.05, 4.69) is 5.32 Å². The van der Waals surface area contributed by atoms with Crippen LogP contribution >= 0.6 is 0 Å². The molecule has 0 spiro atoms. The third-order valence-corrected chi connectivity index (χ3v) is 7.03. The van der Waals surface area contributed by atoms with Gasteiger partial charge >= 0.3 is 0 Å². The number of rotatable bonds is 6. The normalized spacial score (nSPS) is 18.7. The first-order valence-electron chi connectivity index (χ1n) is 5.35. The third kappa shape index (κ3) is 4.03. The fraction of sp³-hybridized carbons (Fsp3) is 1.00. The van der Waals surface area contributed by atoms with Crippen LogP contribution < -0.4 is 5.32 Å². The molecule has 0 aromatic rings. The standard InChI is InChI=1S/C9H19NO4S2/c1-8(2)16(13,14)4-3-15(11,12)7-9-5-10-6-9/h8-10H,3-7H2,1-2H3. The van der Waals surface area contributed by atoms with Crippen LogP contribution in [0.15, 0.2) is 0 Å². The Morgan fingerprint density at radius 1 is 1.12 bits per heavy atom. The monoisotopic (exact) mass is 269 g/mol. The van der Waals surface area contributed by atoms with Crippen molar-refractivity contribution in [3.63, 3.8) is 0 Å². The first-order valence-corrected chi connectivity index (χ1v) is 8.89. The van der Waals surface area contributed by atoms with Crippen LogP contribution in [0.25, 0.3) is 0 Å². The predicted octanol–water partition coefficient (Wildman–Crippen LogP) is -0.556. The highest BCUT2D eigenvalue weighted by Crippen LogP contribution is 2.09. The van der Waals surface area contributed by atoms with Crippen LogP contribution in [-0.2, 0) is 19.7 Å². The number of nitrogens with one attached hydrogen (secondary N) is 1. The van der Waals surface area contributed by atoms with E-state index in [0.717, 1.165) is 13.1 Å². The van der Waals surface area contributed by atoms with Crippen LogP contribution in [0.4, 0.5) is 0 Å². The summed E-state index contributed by atoms with van der Waals surface area (Å²) in [5.41, 5.74) is 0. The maximum atomic E-state index is 11.6. The molecule has 0 saturated carbocycles. The van der Waals surface area contributed by atoms with Crippen LogP contribution in [-0.4, -0.2) is 52.4 Å². The minimum Gasteiger partial charge on any atom is -0.316 e. The smallest absolute Gasteiger partial charge is 0.153 e. The Morgan fingerprint density at radius 2 is 1.69 bits per heavy atom. The fourth-order valence-corrected chi connectivity index (χ4v) is 4.92. The Bertz CT molecular complexity index is 420. The van der Waals surface area contributed by atoms with E-state index in [9.17, 15) is 16.8 Å². The molecule has 0 amide bonds. The zero-order chi connectivity index (χ0) is 12.4. The van der Waals surface area contributed by atoms with Crippen molar-refractivity contribution < 1.29 is 16.8 Å². The van der Waals surface area contributed by atoms with Gasteiger partial charge in [-0.1, -0.05) is 0 Å². The summed E-state index contributed by atoms with van der Waals surface area (Å²) >= 11 is 0. The van der Waals surface area contributed by atoms with E-state index in [4.69, 9.17) is 0 Å². The second-order valence-corrected chi connectivity index (χ2v) is 9.46. The highest BCUT2D eigenvalue weighted by molar-refractivity contribution is 7.95. The van der Waals surface area contributed by atoms with E-state index in [0.29, 0.717) is 0 Å². The van der Waals surface area contributed by atoms with Crippen LogP contribution in [0.5, 0.6) is 0 Å². The molecule has 96 valence electrons. The molecule has 7 heteroatoms. The van der Waals surface area contributed by atoms with Gasteiger partial charge in [-0.2, -0.15) is 0 Å². The summed E-state index contributed by atoms with van der Waals surface area (Å²) in [6.45, 7) is 4.57. The molecule has 0 unspecified atom stereocenters. The molecule has 1 N–H and O–H groups in total. The van der Waals surface area contributed by atoms with Crippen LogP contribution in [0.2, 0.25) is 0 Å². The lowest BCUT2D eigenvalue weighted by atomic mass is 10.1. The molecule has 1 saturated heterocycles. The molecule has 1 fully saturated rings. The van der Waals surface area contributed by atoms with E-state index < -0.39 is 24.9 Å². The predicted molar refractivity (Wildman–Crippen MR) is 63.9 cm³/mol. The number of hydrogen-bond donors (Lipinski definition) is 1. The molecule has 1 heterocycles. The van der Waals surface area contributed by atoms with Crippen molar-refractivity contribution in [3.05, 3.63) is 0 Å². The summed E-state index contributed by atoms with van der Waals surface area (Å²) in [4.78, 5) is 0. The van der Waals surface area contributed by atoms with Gasteiger partial charge in [-0.05, 0) is 19.8 Å². The van der Waals surface area contributed by atoms with Crippen molar-refractivity contribution in [2.45, 2.75) is 19.1 Å². The fourth-order valence-electron chi connectivity index (χ4n) is 1.39. The van der Waals surface area contributed by atoms with Crippen molar-refractivity contribution in [1.82, 2.24) is 5.32 Å². The van der Waals surface area contributed by atoms with Gasteiger partial charge in [-0.3, -0.25) is 0 Å². The van der Waals surface area contributed by atoms with Crippen molar-refractivity contribution in [2.75, 3.05) is 30.3 Å². The van der Waals surface area contributed by atoms with E-state index in [1.54, 1.807) is 13.8 Å². The maximum Gasteiger partial charge on any atom is 0.153 e. The molecule has 1 aliphatic rings. The third-order valence-electron chi connectivity index (χ3n) is 2.75. The zero-order valence-corrected chi connectivity index (χ0v) is 11.3. The molecular formula is C9H19NO4S2. The summed E-state index contributed by atoms with van der Waals surface area (Å²) in [6.07, 6.45) is 0. The summed E-state index contributed by atoms with van der Waals surface area (Å²) in [7, 11) is -6.48. The van der Waals surface area contributed by atoms with Gasteiger partial charge in [-0.15, -0.1) is 0 Å². The minimum atomic E-state index is -3.25. The van der Waals surface area contributed by atoms with E-state index >= 15 is 0 Å². The topological polar surface area (TPSA) is 80.3 Å². The van der Waals surface area contributed by atoms with Crippen molar-refractivity contribution in [2.24, 2.45) is 5.92 Å². The second-order valence-electron chi connectivity index (χ2n) is 4.55. The highest BCUT2D eigenvalue weighted by atomic mass is 32.2. The minimum absolute atomic E-state index is 0.105. The molecule has 1 rings (SSSR count). The number of sulfone groups is 2. The van der Waals surface area contributed by atoms with E-state index in [-0.39, 0.29) is 23.2 Å². The highest BCUT2D eigenvalue weighted by Gasteiger charge is 2.26. The van der Waals surface area contributed by atoms with Crippen molar-refractivity contribution in [1.29, 1.82) is 0 Å². The molecule has 5 nitrogen and oxygen atoms in total. The molecule has 16 heavy (non-hydrogen) atoms. The van der Waals surface area contributed by atoms with Gasteiger partial charge in [-0.25, -0.2) is 16.8 Å². The Labute approximate surface area is 97.5 Å². The number of hydrogen-bond acceptors (Lipinski definition) is 5. The van der Waals surface area contributed by atoms with Gasteiger partial charge < -0.3 is 5.32 Å². The van der Waals surface area contributed by atoms with Gasteiger partial charge in [0, 0.05) is 13.1 Å².